The number of rotatable bonds is 0. The van der Waals surface area contributed by atoms with Gasteiger partial charge in [-0.15, -0.1) is 0 Å². The largest absolute Gasteiger partial charge is 0.289 e. The Morgan fingerprint density at radius 3 is 2.65 bits per heavy atom. The summed E-state index contributed by atoms with van der Waals surface area (Å²) in [5.41, 5.74) is 4.01. The van der Waals surface area contributed by atoms with E-state index in [2.05, 4.69) is 52.9 Å². The van der Waals surface area contributed by atoms with Gasteiger partial charge in [-0.3, -0.25) is 4.79 Å². The highest BCUT2D eigenvalue weighted by atomic mass is 127. The molecule has 0 bridgehead atoms. The summed E-state index contributed by atoms with van der Waals surface area (Å²) < 4.78 is 1.19. The molecule has 0 unspecified atom stereocenters. The number of fused-ring (bicyclic) bond motifs is 4. The van der Waals surface area contributed by atoms with Crippen LogP contribution in [0.1, 0.15) is 27.0 Å². The van der Waals surface area contributed by atoms with Gasteiger partial charge in [0, 0.05) is 14.7 Å². The van der Waals surface area contributed by atoms with E-state index in [1.165, 1.54) is 3.57 Å². The van der Waals surface area contributed by atoms with Crippen molar-refractivity contribution < 1.29 is 4.79 Å². The molecule has 96 valence electrons. The summed E-state index contributed by atoms with van der Waals surface area (Å²) in [5.74, 6) is 0.161. The van der Waals surface area contributed by atoms with E-state index in [0.29, 0.717) is 0 Å². The highest BCUT2D eigenvalue weighted by molar-refractivity contribution is 14.1. The molecule has 1 nitrogen and oxygen atoms in total. The summed E-state index contributed by atoms with van der Waals surface area (Å²) in [6.45, 7) is 0. The maximum atomic E-state index is 12.8. The van der Waals surface area contributed by atoms with E-state index in [0.717, 1.165) is 39.4 Å². The Bertz CT molecular complexity index is 864. The summed E-state index contributed by atoms with van der Waals surface area (Å²) in [7, 11) is 0. The summed E-state index contributed by atoms with van der Waals surface area (Å²) in [6.07, 6.45) is 0.846. The van der Waals surface area contributed by atoms with Crippen LogP contribution in [0.15, 0.2) is 54.6 Å². The normalized spacial score (nSPS) is 13.2. The fourth-order valence-corrected chi connectivity index (χ4v) is 3.51. The first kappa shape index (κ1) is 12.1. The van der Waals surface area contributed by atoms with Crippen molar-refractivity contribution in [2.75, 3.05) is 0 Å². The Labute approximate surface area is 130 Å². The number of hydrogen-bond donors (Lipinski definition) is 0. The lowest BCUT2D eigenvalue weighted by Gasteiger charge is -2.20. The lowest BCUT2D eigenvalue weighted by molar-refractivity contribution is 0.103. The zero-order valence-corrected chi connectivity index (χ0v) is 12.8. The number of halogens is 1. The van der Waals surface area contributed by atoms with Gasteiger partial charge in [0.2, 0.25) is 0 Å². The zero-order valence-electron chi connectivity index (χ0n) is 10.7. The Morgan fingerprint density at radius 2 is 1.75 bits per heavy atom. The van der Waals surface area contributed by atoms with Crippen molar-refractivity contribution in [1.29, 1.82) is 0 Å². The van der Waals surface area contributed by atoms with Gasteiger partial charge in [0.15, 0.2) is 5.78 Å². The molecule has 1 aliphatic rings. The molecule has 0 aliphatic heterocycles. The van der Waals surface area contributed by atoms with Gasteiger partial charge in [0.1, 0.15) is 0 Å². The average molecular weight is 370 g/mol. The SMILES string of the molecule is O=C1c2ccccc2Cc2ccc3cc(I)ccc3c21. The van der Waals surface area contributed by atoms with Crippen LogP contribution in [0.25, 0.3) is 10.8 Å². The maximum absolute atomic E-state index is 12.8. The van der Waals surface area contributed by atoms with E-state index >= 15 is 0 Å². The third kappa shape index (κ3) is 1.71. The van der Waals surface area contributed by atoms with E-state index < -0.39 is 0 Å². The molecule has 0 saturated carbocycles. The van der Waals surface area contributed by atoms with Gasteiger partial charge in [-0.2, -0.15) is 0 Å². The Morgan fingerprint density at radius 1 is 0.900 bits per heavy atom. The third-order valence-corrected chi connectivity index (χ3v) is 4.61. The highest BCUT2D eigenvalue weighted by Crippen LogP contribution is 2.32. The fraction of sp³-hybridized carbons (Fsp3) is 0.0556. The molecular formula is C18H11IO. The third-order valence-electron chi connectivity index (χ3n) is 3.94. The molecule has 0 amide bonds. The van der Waals surface area contributed by atoms with Gasteiger partial charge in [-0.25, -0.2) is 0 Å². The molecule has 0 radical (unpaired) electrons. The molecular weight excluding hydrogens is 359 g/mol. The predicted molar refractivity (Wildman–Crippen MR) is 89.3 cm³/mol. The van der Waals surface area contributed by atoms with E-state index in [4.69, 9.17) is 0 Å². The van der Waals surface area contributed by atoms with Crippen LogP contribution in [-0.4, -0.2) is 5.78 Å². The minimum Gasteiger partial charge on any atom is -0.289 e. The van der Waals surface area contributed by atoms with Gasteiger partial charge in [0.25, 0.3) is 0 Å². The molecule has 0 fully saturated rings. The molecule has 0 saturated heterocycles. The summed E-state index contributed by atoms with van der Waals surface area (Å²) in [6, 6.07) is 18.4. The van der Waals surface area contributed by atoms with Crippen molar-refractivity contribution in [2.45, 2.75) is 6.42 Å². The number of ketones is 1. The molecule has 0 N–H and O–H groups in total. The number of benzene rings is 3. The van der Waals surface area contributed by atoms with Gasteiger partial charge in [-0.05, 0) is 63.0 Å². The lowest BCUT2D eigenvalue weighted by Crippen LogP contribution is -2.15. The van der Waals surface area contributed by atoms with Gasteiger partial charge < -0.3 is 0 Å². The van der Waals surface area contributed by atoms with Crippen LogP contribution in [0.4, 0.5) is 0 Å². The average Bonchev–Trinajstić information content (AvgIpc) is 2.47. The quantitative estimate of drug-likeness (QED) is 0.414. The van der Waals surface area contributed by atoms with Crippen LogP contribution in [0, 0.1) is 3.57 Å². The highest BCUT2D eigenvalue weighted by Gasteiger charge is 2.24. The topological polar surface area (TPSA) is 17.1 Å². The Hall–Kier alpha value is -1.68. The first-order valence-corrected chi connectivity index (χ1v) is 7.66. The van der Waals surface area contributed by atoms with Crippen LogP contribution in [0.2, 0.25) is 0 Å². The predicted octanol–water partition coefficient (Wildman–Crippen LogP) is 4.58. The molecule has 2 heteroatoms. The van der Waals surface area contributed by atoms with Crippen LogP contribution in [0.5, 0.6) is 0 Å². The maximum Gasteiger partial charge on any atom is 0.194 e. The molecule has 1 aliphatic carbocycles. The summed E-state index contributed by atoms with van der Waals surface area (Å²) in [4.78, 5) is 12.8. The molecule has 4 rings (SSSR count). The number of carbonyl (C=O) groups excluding carboxylic acids is 1. The second-order valence-corrected chi connectivity index (χ2v) is 6.37. The van der Waals surface area contributed by atoms with Crippen LogP contribution in [-0.2, 0) is 6.42 Å². The standard InChI is InChI=1S/C18H11IO/c19-14-7-8-15-12(10-14)5-6-13-9-11-3-1-2-4-16(11)18(20)17(13)15/h1-8,10H,9H2. The van der Waals surface area contributed by atoms with Gasteiger partial charge in [-0.1, -0.05) is 42.5 Å². The zero-order chi connectivity index (χ0) is 13.7. The first-order chi connectivity index (χ1) is 9.74. The van der Waals surface area contributed by atoms with Crippen LogP contribution in [0.3, 0.4) is 0 Å². The minimum absolute atomic E-state index is 0.161. The molecule has 0 atom stereocenters. The molecule has 3 aromatic carbocycles. The second-order valence-electron chi connectivity index (χ2n) is 5.13. The Balaban J connectivity index is 2.04. The van der Waals surface area contributed by atoms with Crippen molar-refractivity contribution in [3.05, 3.63) is 80.4 Å². The van der Waals surface area contributed by atoms with Crippen molar-refractivity contribution in [1.82, 2.24) is 0 Å². The van der Waals surface area contributed by atoms with E-state index in [9.17, 15) is 4.79 Å². The smallest absolute Gasteiger partial charge is 0.194 e. The lowest BCUT2D eigenvalue weighted by atomic mass is 9.82. The van der Waals surface area contributed by atoms with E-state index in [-0.39, 0.29) is 5.78 Å². The van der Waals surface area contributed by atoms with E-state index in [1.54, 1.807) is 0 Å². The fourth-order valence-electron chi connectivity index (χ4n) is 3.00. The monoisotopic (exact) mass is 370 g/mol. The van der Waals surface area contributed by atoms with Gasteiger partial charge >= 0.3 is 0 Å². The number of carbonyl (C=O) groups is 1. The minimum atomic E-state index is 0.161. The molecule has 3 aromatic rings. The van der Waals surface area contributed by atoms with Crippen molar-refractivity contribution in [3.63, 3.8) is 0 Å². The Kier molecular flexibility index (Phi) is 2.67. The molecule has 0 spiro atoms. The van der Waals surface area contributed by atoms with Crippen molar-refractivity contribution in [2.24, 2.45) is 0 Å². The number of hydrogen-bond acceptors (Lipinski definition) is 1. The first-order valence-electron chi connectivity index (χ1n) is 6.58. The van der Waals surface area contributed by atoms with Crippen molar-refractivity contribution >= 4 is 39.1 Å². The van der Waals surface area contributed by atoms with Crippen LogP contribution < -0.4 is 0 Å². The van der Waals surface area contributed by atoms with Crippen LogP contribution >= 0.6 is 22.6 Å². The van der Waals surface area contributed by atoms with E-state index in [1.807, 2.05) is 24.3 Å². The van der Waals surface area contributed by atoms with Gasteiger partial charge in [0.05, 0.1) is 0 Å². The summed E-state index contributed by atoms with van der Waals surface area (Å²) in [5, 5.41) is 2.21. The van der Waals surface area contributed by atoms with Crippen molar-refractivity contribution in [3.8, 4) is 0 Å². The molecule has 20 heavy (non-hydrogen) atoms. The summed E-state index contributed by atoms with van der Waals surface area (Å²) >= 11 is 2.30. The second kappa shape index (κ2) is 4.42. The molecule has 0 aromatic heterocycles. The molecule has 0 heterocycles.